The number of quaternary nitrogens is 1. The molecule has 5 heterocycles. The van der Waals surface area contributed by atoms with Gasteiger partial charge in [0.2, 0.25) is 6.29 Å². The van der Waals surface area contributed by atoms with Crippen LogP contribution in [-0.2, 0) is 44.5 Å². The number of aliphatic hydroxyl groups is 9. The van der Waals surface area contributed by atoms with Crippen LogP contribution >= 0.6 is 0 Å². The number of rotatable bonds is 13. The van der Waals surface area contributed by atoms with E-state index in [1.54, 1.807) is 6.08 Å². The van der Waals surface area contributed by atoms with E-state index in [2.05, 4.69) is 5.32 Å². The van der Waals surface area contributed by atoms with Gasteiger partial charge in [0.05, 0.1) is 19.3 Å². The number of hydrogen-bond acceptors (Lipinski definition) is 21. The summed E-state index contributed by atoms with van der Waals surface area (Å²) >= 11 is 0. The molecule has 0 aromatic heterocycles. The molecule has 0 saturated carbocycles. The van der Waals surface area contributed by atoms with Gasteiger partial charge in [-0.25, -0.2) is 0 Å². The molecule has 19 atom stereocenters. The fourth-order valence-electron chi connectivity index (χ4n) is 8.10. The lowest BCUT2D eigenvalue weighted by molar-refractivity contribution is -0.840. The number of aromatic hydroxyl groups is 1. The van der Waals surface area contributed by atoms with Crippen LogP contribution in [0.2, 0.25) is 0 Å². The zero-order valence-electron chi connectivity index (χ0n) is 31.8. The van der Waals surface area contributed by atoms with Crippen LogP contribution in [0.4, 0.5) is 5.69 Å². The Balaban J connectivity index is 1.15. The topological polar surface area (TPSA) is 389 Å². The van der Waals surface area contributed by atoms with Crippen LogP contribution in [0.1, 0.15) is 25.3 Å². The number of phenols is 1. The SMILES string of the molecule is C[C@@H]1O[C@H](O[C@H]2[C@H](O)[C@H](O)[C@H](O[C@H]3[C@H](O)[C@@H](O)[C@H](Oc4cc5c(cc4O)C[C@@H](C(=O)[O-])[NH+]5CC=C4C[C@@H](C(=O)O)N[C@@H](C(=O)O)C4)O[C@@H]3CO)O[C@@H]2CO)[C@H](O)[C@H](O)[C@H]1O. The largest absolute Gasteiger partial charge is 0.544 e. The second kappa shape index (κ2) is 18.7. The van der Waals surface area contributed by atoms with Crippen molar-refractivity contribution >= 4 is 23.6 Å². The minimum absolute atomic E-state index is 0.0447. The second-order valence-electron chi connectivity index (χ2n) is 15.4. The number of ether oxygens (including phenoxy) is 6. The number of fused-ring (bicyclic) bond motifs is 1. The number of carbonyl (C=O) groups is 3. The van der Waals surface area contributed by atoms with Crippen molar-refractivity contribution < 1.29 is 114 Å². The van der Waals surface area contributed by atoms with Gasteiger partial charge >= 0.3 is 11.9 Å². The van der Waals surface area contributed by atoms with Crippen molar-refractivity contribution in [1.82, 2.24) is 5.32 Å². The molecule has 0 radical (unpaired) electrons. The molecule has 336 valence electrons. The summed E-state index contributed by atoms with van der Waals surface area (Å²) in [5.41, 5.74) is 1.10. The Morgan fingerprint density at radius 2 is 1.28 bits per heavy atom. The van der Waals surface area contributed by atoms with Gasteiger partial charge in [0, 0.05) is 18.1 Å². The third-order valence-corrected chi connectivity index (χ3v) is 11.5. The highest BCUT2D eigenvalue weighted by molar-refractivity contribution is 5.79. The van der Waals surface area contributed by atoms with Gasteiger partial charge in [-0.1, -0.05) is 5.57 Å². The van der Waals surface area contributed by atoms with Gasteiger partial charge in [0.1, 0.15) is 103 Å². The van der Waals surface area contributed by atoms with Crippen LogP contribution in [-0.4, -0.2) is 209 Å². The van der Waals surface area contributed by atoms with Gasteiger partial charge in [-0.15, -0.1) is 0 Å². The lowest BCUT2D eigenvalue weighted by Gasteiger charge is -2.48. The Bertz CT molecular complexity index is 1720. The van der Waals surface area contributed by atoms with Gasteiger partial charge in [-0.2, -0.15) is 0 Å². The third kappa shape index (κ3) is 9.24. The van der Waals surface area contributed by atoms with E-state index < -0.39 is 147 Å². The first-order valence-electron chi connectivity index (χ1n) is 19.1. The number of carboxylic acids is 3. The molecule has 14 N–H and O–H groups in total. The lowest BCUT2D eigenvalue weighted by Crippen LogP contribution is -3.11. The molecule has 6 rings (SSSR count). The first-order valence-corrected chi connectivity index (χ1v) is 19.1. The Hall–Kier alpha value is -3.67. The lowest BCUT2D eigenvalue weighted by atomic mass is 9.92. The van der Waals surface area contributed by atoms with Crippen molar-refractivity contribution in [1.29, 1.82) is 0 Å². The summed E-state index contributed by atoms with van der Waals surface area (Å²) in [4.78, 5) is 35.8. The normalized spacial score (nSPS) is 42.7. The maximum absolute atomic E-state index is 12.2. The molecule has 24 nitrogen and oxygen atoms in total. The molecule has 4 saturated heterocycles. The van der Waals surface area contributed by atoms with Gasteiger partial charge < -0.3 is 99.6 Å². The van der Waals surface area contributed by atoms with E-state index in [9.17, 15) is 80.8 Å². The highest BCUT2D eigenvalue weighted by Crippen LogP contribution is 2.38. The van der Waals surface area contributed by atoms with Gasteiger partial charge in [-0.05, 0) is 31.9 Å². The zero-order chi connectivity index (χ0) is 43.9. The summed E-state index contributed by atoms with van der Waals surface area (Å²) in [6.45, 7) is -0.480. The van der Waals surface area contributed by atoms with Crippen LogP contribution in [0, 0.1) is 0 Å². The van der Waals surface area contributed by atoms with Crippen LogP contribution in [0.3, 0.4) is 0 Å². The van der Waals surface area contributed by atoms with Crippen LogP contribution in [0.5, 0.6) is 11.5 Å². The Labute approximate surface area is 339 Å². The smallest absolute Gasteiger partial charge is 0.321 e. The highest BCUT2D eigenvalue weighted by Gasteiger charge is 2.54. The summed E-state index contributed by atoms with van der Waals surface area (Å²) < 4.78 is 33.7. The maximum atomic E-state index is 12.2. The number of carboxylic acid groups (broad SMARTS) is 3. The van der Waals surface area contributed by atoms with Crippen molar-refractivity contribution in [3.63, 3.8) is 0 Å². The second-order valence-corrected chi connectivity index (χ2v) is 15.4. The number of phenolic OH excluding ortho intramolecular Hbond substituents is 1. The van der Waals surface area contributed by atoms with Gasteiger partial charge in [0.15, 0.2) is 24.1 Å². The molecule has 4 fully saturated rings. The molecule has 0 spiro atoms. The number of aliphatic carboxylic acids is 3. The monoisotopic (exact) mass is 862 g/mol. The Morgan fingerprint density at radius 1 is 0.767 bits per heavy atom. The molecule has 0 bridgehead atoms. The van der Waals surface area contributed by atoms with Crippen molar-refractivity contribution in [2.24, 2.45) is 0 Å². The van der Waals surface area contributed by atoms with E-state index in [1.807, 2.05) is 0 Å². The van der Waals surface area contributed by atoms with Crippen molar-refractivity contribution in [2.75, 3.05) is 19.8 Å². The maximum Gasteiger partial charge on any atom is 0.321 e. The minimum Gasteiger partial charge on any atom is -0.544 e. The number of aliphatic hydroxyl groups excluding tert-OH is 9. The summed E-state index contributed by atoms with van der Waals surface area (Å²) in [5, 5.41) is 140. The molecule has 24 heteroatoms. The first kappa shape index (κ1) is 45.8. The molecular formula is C36H50N2O22. The molecule has 5 aliphatic rings. The molecule has 5 aliphatic heterocycles. The molecule has 1 aromatic carbocycles. The quantitative estimate of drug-likeness (QED) is 0.0647. The van der Waals surface area contributed by atoms with E-state index in [0.717, 1.165) is 0 Å². The highest BCUT2D eigenvalue weighted by atomic mass is 16.8. The third-order valence-electron chi connectivity index (χ3n) is 11.5. The molecule has 0 amide bonds. The standard InChI is InChI=1S/C36H50N2O22/c1-11-22(42)23(43)26(46)34(55-11)59-29-21(10-40)58-36(28(48)25(29)45)60-30-20(9-39)57-35(27(47)24(30)44)56-19-8-16-13(7-18(19)41)6-17(33(53)54)38(16)3-2-12-4-14(31(49)50)37-15(5-12)32(51)52/h2,7-8,11,14-15,17,20-30,34-37,39-48H,3-6,9-10H2,1H3,(H,49,50)(H,51,52)(H,53,54)/t11-,14-,15+,17-,20+,21+,22-,23+,24+,25+,26+,27+,28-,29+,30+,34+,35+,36-/m0/s1. The van der Waals surface area contributed by atoms with Gasteiger partial charge in [0.25, 0.3) is 0 Å². The van der Waals surface area contributed by atoms with Crippen molar-refractivity contribution in [2.45, 2.75) is 136 Å². The van der Waals surface area contributed by atoms with E-state index in [0.29, 0.717) is 11.1 Å². The van der Waals surface area contributed by atoms with Crippen molar-refractivity contribution in [3.8, 4) is 11.5 Å². The molecular weight excluding hydrogens is 812 g/mol. The Kier molecular flexibility index (Phi) is 14.3. The number of hydrogen-bond donors (Lipinski definition) is 14. The van der Waals surface area contributed by atoms with E-state index in [1.165, 1.54) is 19.1 Å². The van der Waals surface area contributed by atoms with E-state index in [-0.39, 0.29) is 42.1 Å². The predicted molar refractivity (Wildman–Crippen MR) is 188 cm³/mol. The van der Waals surface area contributed by atoms with E-state index >= 15 is 0 Å². The zero-order valence-corrected chi connectivity index (χ0v) is 31.8. The van der Waals surface area contributed by atoms with Crippen molar-refractivity contribution in [3.05, 3.63) is 29.3 Å². The predicted octanol–water partition coefficient (Wildman–Crippen LogP) is -8.35. The number of benzene rings is 1. The van der Waals surface area contributed by atoms with Crippen LogP contribution in [0.25, 0.3) is 0 Å². The number of nitrogens with one attached hydrogen (secondary N) is 2. The minimum atomic E-state index is -2.01. The van der Waals surface area contributed by atoms with E-state index in [4.69, 9.17) is 28.4 Å². The summed E-state index contributed by atoms with van der Waals surface area (Å²) in [6, 6.07) is -1.13. The number of carbonyl (C=O) groups excluding carboxylic acids is 1. The van der Waals surface area contributed by atoms with Crippen LogP contribution < -0.4 is 20.1 Å². The average Bonchev–Trinajstić information content (AvgIpc) is 3.57. The van der Waals surface area contributed by atoms with Gasteiger partial charge in [-0.3, -0.25) is 19.8 Å². The fraction of sp³-hybridized carbons (Fsp3) is 0.694. The summed E-state index contributed by atoms with van der Waals surface area (Å²) in [7, 11) is 0. The molecule has 1 unspecified atom stereocenters. The Morgan fingerprint density at radius 3 is 1.82 bits per heavy atom. The molecule has 0 aliphatic carbocycles. The molecule has 60 heavy (non-hydrogen) atoms. The fourth-order valence-corrected chi connectivity index (χ4v) is 8.10. The van der Waals surface area contributed by atoms with Crippen LogP contribution in [0.15, 0.2) is 23.8 Å². The molecule has 1 aromatic rings. The first-order chi connectivity index (χ1) is 28.3. The average molecular weight is 863 g/mol. The summed E-state index contributed by atoms with van der Waals surface area (Å²) in [6.07, 6.45) is -24.3. The summed E-state index contributed by atoms with van der Waals surface area (Å²) in [5.74, 6) is -4.89. The number of piperidine rings is 1.